The van der Waals surface area contributed by atoms with Gasteiger partial charge >= 0.3 is 0 Å². The molecule has 0 saturated carbocycles. The van der Waals surface area contributed by atoms with E-state index in [1.165, 1.54) is 10.4 Å². The van der Waals surface area contributed by atoms with E-state index in [2.05, 4.69) is 5.32 Å². The SMILES string of the molecule is COc1ccc([C@@H](C)NC(=O)c2ccc(C)c(S(=O)(=O)N3CCCC3)c2)cc1. The first-order chi connectivity index (χ1) is 13.3. The highest BCUT2D eigenvalue weighted by atomic mass is 32.2. The molecule has 3 rings (SSSR count). The van der Waals surface area contributed by atoms with E-state index in [1.54, 1.807) is 26.2 Å². The highest BCUT2D eigenvalue weighted by molar-refractivity contribution is 7.89. The first kappa shape index (κ1) is 20.4. The van der Waals surface area contributed by atoms with Crippen LogP contribution < -0.4 is 10.1 Å². The van der Waals surface area contributed by atoms with E-state index >= 15 is 0 Å². The predicted molar refractivity (Wildman–Crippen MR) is 108 cm³/mol. The Hall–Kier alpha value is -2.38. The van der Waals surface area contributed by atoms with Crippen LogP contribution in [0.4, 0.5) is 0 Å². The van der Waals surface area contributed by atoms with E-state index in [4.69, 9.17) is 4.74 Å². The number of carbonyl (C=O) groups is 1. The predicted octanol–water partition coefficient (Wildman–Crippen LogP) is 3.28. The summed E-state index contributed by atoms with van der Waals surface area (Å²) >= 11 is 0. The Morgan fingerprint density at radius 1 is 1.11 bits per heavy atom. The summed E-state index contributed by atoms with van der Waals surface area (Å²) in [6.07, 6.45) is 1.75. The van der Waals surface area contributed by atoms with Gasteiger partial charge < -0.3 is 10.1 Å². The van der Waals surface area contributed by atoms with Crippen LogP contribution in [0, 0.1) is 6.92 Å². The van der Waals surface area contributed by atoms with Gasteiger partial charge in [0.15, 0.2) is 0 Å². The van der Waals surface area contributed by atoms with Crippen molar-refractivity contribution in [1.29, 1.82) is 0 Å². The molecule has 7 heteroatoms. The Bertz CT molecular complexity index is 949. The monoisotopic (exact) mass is 402 g/mol. The van der Waals surface area contributed by atoms with Crippen LogP contribution in [-0.2, 0) is 10.0 Å². The van der Waals surface area contributed by atoms with Crippen molar-refractivity contribution in [1.82, 2.24) is 9.62 Å². The molecule has 6 nitrogen and oxygen atoms in total. The minimum Gasteiger partial charge on any atom is -0.497 e. The van der Waals surface area contributed by atoms with Crippen molar-refractivity contribution < 1.29 is 17.9 Å². The molecule has 28 heavy (non-hydrogen) atoms. The van der Waals surface area contributed by atoms with E-state index in [-0.39, 0.29) is 16.8 Å². The smallest absolute Gasteiger partial charge is 0.251 e. The van der Waals surface area contributed by atoms with E-state index in [0.717, 1.165) is 24.2 Å². The molecule has 0 radical (unpaired) electrons. The van der Waals surface area contributed by atoms with Crippen LogP contribution >= 0.6 is 0 Å². The number of carbonyl (C=O) groups excluding carboxylic acids is 1. The fraction of sp³-hybridized carbons (Fsp3) is 0.381. The van der Waals surface area contributed by atoms with E-state index < -0.39 is 10.0 Å². The molecule has 0 aromatic heterocycles. The lowest BCUT2D eigenvalue weighted by Gasteiger charge is -2.19. The van der Waals surface area contributed by atoms with Gasteiger partial charge in [0.25, 0.3) is 5.91 Å². The molecule has 1 heterocycles. The summed E-state index contributed by atoms with van der Waals surface area (Å²) in [6.45, 7) is 4.71. The molecule has 1 amide bonds. The van der Waals surface area contributed by atoms with Gasteiger partial charge in [0.2, 0.25) is 10.0 Å². The molecule has 1 atom stereocenters. The van der Waals surface area contributed by atoms with Crippen molar-refractivity contribution in [2.75, 3.05) is 20.2 Å². The molecule has 0 spiro atoms. The fourth-order valence-corrected chi connectivity index (χ4v) is 5.11. The summed E-state index contributed by atoms with van der Waals surface area (Å²) in [5, 5.41) is 2.93. The zero-order valence-electron chi connectivity index (χ0n) is 16.4. The number of ether oxygens (including phenoxy) is 1. The first-order valence-corrected chi connectivity index (χ1v) is 10.8. The summed E-state index contributed by atoms with van der Waals surface area (Å²) in [7, 11) is -1.97. The molecule has 0 bridgehead atoms. The Morgan fingerprint density at radius 2 is 1.75 bits per heavy atom. The van der Waals surface area contributed by atoms with Gasteiger partial charge in [0.05, 0.1) is 18.0 Å². The van der Waals surface area contributed by atoms with Gasteiger partial charge in [-0.15, -0.1) is 0 Å². The number of rotatable bonds is 6. The van der Waals surface area contributed by atoms with Crippen LogP contribution in [0.1, 0.15) is 47.3 Å². The summed E-state index contributed by atoms with van der Waals surface area (Å²) in [5.41, 5.74) is 1.92. The molecule has 1 saturated heterocycles. The Morgan fingerprint density at radius 3 is 2.36 bits per heavy atom. The summed E-state index contributed by atoms with van der Waals surface area (Å²) in [6, 6.07) is 12.1. The zero-order chi connectivity index (χ0) is 20.3. The van der Waals surface area contributed by atoms with E-state index in [1.807, 2.05) is 31.2 Å². The minimum atomic E-state index is -3.57. The minimum absolute atomic E-state index is 0.208. The Labute approximate surface area is 166 Å². The standard InChI is InChI=1S/C21H26N2O4S/c1-15-6-7-18(14-20(15)28(25,26)23-12-4-5-13-23)21(24)22-16(2)17-8-10-19(27-3)11-9-17/h6-11,14,16H,4-5,12-13H2,1-3H3,(H,22,24)/t16-/m1/s1. The van der Waals surface area contributed by atoms with Crippen molar-refractivity contribution in [3.8, 4) is 5.75 Å². The van der Waals surface area contributed by atoms with Crippen LogP contribution in [0.3, 0.4) is 0 Å². The van der Waals surface area contributed by atoms with Crippen LogP contribution in [0.5, 0.6) is 5.75 Å². The van der Waals surface area contributed by atoms with Gasteiger partial charge in [-0.1, -0.05) is 18.2 Å². The van der Waals surface area contributed by atoms with Crippen LogP contribution in [0.25, 0.3) is 0 Å². The second kappa shape index (κ2) is 8.32. The number of amides is 1. The van der Waals surface area contributed by atoms with Crippen LogP contribution in [0.15, 0.2) is 47.4 Å². The van der Waals surface area contributed by atoms with Crippen molar-refractivity contribution in [3.63, 3.8) is 0 Å². The lowest BCUT2D eigenvalue weighted by molar-refractivity contribution is 0.0939. The fourth-order valence-electron chi connectivity index (χ4n) is 3.34. The largest absolute Gasteiger partial charge is 0.497 e. The number of benzene rings is 2. The average Bonchev–Trinajstić information content (AvgIpc) is 3.24. The molecule has 0 unspecified atom stereocenters. The number of sulfonamides is 1. The molecular formula is C21H26N2O4S. The molecule has 150 valence electrons. The van der Waals surface area contributed by atoms with Gasteiger partial charge in [0.1, 0.15) is 5.75 Å². The average molecular weight is 403 g/mol. The van der Waals surface area contributed by atoms with Crippen molar-refractivity contribution in [3.05, 3.63) is 59.2 Å². The van der Waals surface area contributed by atoms with Gasteiger partial charge in [-0.05, 0) is 62.1 Å². The normalized spacial score (nSPS) is 16.0. The van der Waals surface area contributed by atoms with Crippen LogP contribution in [0.2, 0.25) is 0 Å². The molecule has 1 N–H and O–H groups in total. The number of hydrogen-bond acceptors (Lipinski definition) is 4. The second-order valence-corrected chi connectivity index (χ2v) is 8.97. The molecule has 2 aromatic rings. The van der Waals surface area contributed by atoms with Crippen molar-refractivity contribution in [2.24, 2.45) is 0 Å². The number of aryl methyl sites for hydroxylation is 1. The Kier molecular flexibility index (Phi) is 6.05. The number of methoxy groups -OCH3 is 1. The third kappa shape index (κ3) is 4.20. The van der Waals surface area contributed by atoms with Gasteiger partial charge in [-0.3, -0.25) is 4.79 Å². The molecule has 2 aromatic carbocycles. The maximum Gasteiger partial charge on any atom is 0.251 e. The van der Waals surface area contributed by atoms with Crippen molar-refractivity contribution >= 4 is 15.9 Å². The van der Waals surface area contributed by atoms with E-state index in [9.17, 15) is 13.2 Å². The first-order valence-electron chi connectivity index (χ1n) is 9.38. The van der Waals surface area contributed by atoms with Gasteiger partial charge in [0, 0.05) is 18.7 Å². The number of nitrogens with one attached hydrogen (secondary N) is 1. The van der Waals surface area contributed by atoms with Crippen LogP contribution in [-0.4, -0.2) is 38.8 Å². The molecule has 1 fully saturated rings. The summed E-state index contributed by atoms with van der Waals surface area (Å²) < 4.78 is 32.5. The van der Waals surface area contributed by atoms with Crippen molar-refractivity contribution in [2.45, 2.75) is 37.6 Å². The molecule has 1 aliphatic heterocycles. The van der Waals surface area contributed by atoms with Gasteiger partial charge in [-0.25, -0.2) is 8.42 Å². The third-order valence-electron chi connectivity index (χ3n) is 5.10. The van der Waals surface area contributed by atoms with Gasteiger partial charge in [-0.2, -0.15) is 4.31 Å². The summed E-state index contributed by atoms with van der Waals surface area (Å²) in [4.78, 5) is 12.9. The van der Waals surface area contributed by atoms with E-state index in [0.29, 0.717) is 24.2 Å². The third-order valence-corrected chi connectivity index (χ3v) is 7.14. The highest BCUT2D eigenvalue weighted by Crippen LogP contribution is 2.25. The molecule has 1 aliphatic rings. The zero-order valence-corrected chi connectivity index (χ0v) is 17.3. The maximum atomic E-state index is 12.9. The topological polar surface area (TPSA) is 75.7 Å². The summed E-state index contributed by atoms with van der Waals surface area (Å²) in [5.74, 6) is 0.443. The highest BCUT2D eigenvalue weighted by Gasteiger charge is 2.29. The number of hydrogen-bond donors (Lipinski definition) is 1. The molecular weight excluding hydrogens is 376 g/mol. The lowest BCUT2D eigenvalue weighted by Crippen LogP contribution is -2.30. The Balaban J connectivity index is 1.80. The quantitative estimate of drug-likeness (QED) is 0.805. The second-order valence-electron chi connectivity index (χ2n) is 7.06. The maximum absolute atomic E-state index is 12.9. The lowest BCUT2D eigenvalue weighted by atomic mass is 10.1. The molecule has 0 aliphatic carbocycles. The number of nitrogens with zero attached hydrogens (tertiary/aromatic N) is 1.